The number of rotatable bonds is 4. The number of halogens is 1. The van der Waals surface area contributed by atoms with E-state index >= 15 is 0 Å². The third-order valence-electron chi connectivity index (χ3n) is 3.69. The highest BCUT2D eigenvalue weighted by Crippen LogP contribution is 2.21. The molecular formula is C19H19FN6O2. The number of aromatic nitrogens is 3. The second-order valence-corrected chi connectivity index (χ2v) is 5.95. The quantitative estimate of drug-likeness (QED) is 0.474. The molecule has 0 unspecified atom stereocenters. The monoisotopic (exact) mass is 382 g/mol. The predicted octanol–water partition coefficient (Wildman–Crippen LogP) is 3.34. The van der Waals surface area contributed by atoms with Crippen molar-refractivity contribution in [2.45, 2.75) is 13.8 Å². The average molecular weight is 382 g/mol. The molecule has 3 aromatic heterocycles. The number of pyridine rings is 3. The van der Waals surface area contributed by atoms with Gasteiger partial charge in [0, 0.05) is 13.2 Å². The van der Waals surface area contributed by atoms with Crippen LogP contribution in [0.25, 0.3) is 0 Å². The molecule has 3 heterocycles. The van der Waals surface area contributed by atoms with Crippen molar-refractivity contribution in [3.8, 4) is 11.5 Å². The lowest BCUT2D eigenvalue weighted by atomic mass is 10.2. The van der Waals surface area contributed by atoms with Gasteiger partial charge in [-0.15, -0.1) is 0 Å². The molecule has 144 valence electrons. The summed E-state index contributed by atoms with van der Waals surface area (Å²) in [6.07, 6.45) is 3.72. The Kier molecular flexibility index (Phi) is 5.25. The van der Waals surface area contributed by atoms with Gasteiger partial charge in [0.1, 0.15) is 34.5 Å². The van der Waals surface area contributed by atoms with Gasteiger partial charge in [-0.3, -0.25) is 25.2 Å². The first-order chi connectivity index (χ1) is 13.3. The molecule has 0 aliphatic carbocycles. The van der Waals surface area contributed by atoms with Gasteiger partial charge < -0.3 is 10.1 Å². The van der Waals surface area contributed by atoms with E-state index in [2.05, 4.69) is 15.3 Å². The van der Waals surface area contributed by atoms with Gasteiger partial charge in [-0.1, -0.05) is 6.07 Å². The number of nitrogens with zero attached hydrogens (tertiary/aromatic N) is 3. The van der Waals surface area contributed by atoms with Gasteiger partial charge in [-0.25, -0.2) is 9.37 Å². The number of carbonyl (C=O) groups excluding carboxylic acids is 1. The van der Waals surface area contributed by atoms with Crippen LogP contribution in [0.5, 0.6) is 11.5 Å². The van der Waals surface area contributed by atoms with E-state index in [1.165, 1.54) is 30.0 Å². The first-order valence-corrected chi connectivity index (χ1v) is 8.24. The van der Waals surface area contributed by atoms with Gasteiger partial charge in [0.2, 0.25) is 0 Å². The number of ether oxygens (including phenoxy) is 1. The smallest absolute Gasteiger partial charge is 0.260 e. The second kappa shape index (κ2) is 7.78. The van der Waals surface area contributed by atoms with E-state index in [0.717, 1.165) is 18.0 Å². The molecule has 0 fully saturated rings. The highest BCUT2D eigenvalue weighted by molar-refractivity contribution is 6.04. The third-order valence-corrected chi connectivity index (χ3v) is 3.69. The average Bonchev–Trinajstić information content (AvgIpc) is 2.62. The number of hydrogen-bond donors (Lipinski definition) is 3. The van der Waals surface area contributed by atoms with Crippen LogP contribution in [-0.2, 0) is 0 Å². The molecule has 0 atom stereocenters. The fraction of sp³-hybridized carbons (Fsp3) is 0.105. The van der Waals surface area contributed by atoms with Gasteiger partial charge >= 0.3 is 0 Å². The van der Waals surface area contributed by atoms with Crippen LogP contribution in [0.2, 0.25) is 0 Å². The summed E-state index contributed by atoms with van der Waals surface area (Å²) >= 11 is 0. The van der Waals surface area contributed by atoms with Crippen LogP contribution in [0.4, 0.5) is 10.2 Å². The Hall–Kier alpha value is -3.88. The lowest BCUT2D eigenvalue weighted by molar-refractivity contribution is 0.102. The molecule has 1 amide bonds. The lowest BCUT2D eigenvalue weighted by Gasteiger charge is -2.13. The van der Waals surface area contributed by atoms with E-state index in [0.29, 0.717) is 5.82 Å². The Labute approximate surface area is 161 Å². The summed E-state index contributed by atoms with van der Waals surface area (Å²) in [4.78, 5) is 20.6. The number of anilines is 1. The van der Waals surface area contributed by atoms with E-state index in [4.69, 9.17) is 15.6 Å². The molecule has 9 heteroatoms. The SMILES string of the molecule is CC(=N)n1cc(Oc2cncc(F)c2)cc(C(=O)Nc2cccc(C)n2)c1=N.[HH]. The molecule has 3 N–H and O–H groups in total. The summed E-state index contributed by atoms with van der Waals surface area (Å²) in [5, 5.41) is 18.7. The predicted molar refractivity (Wildman–Crippen MR) is 102 cm³/mol. The van der Waals surface area contributed by atoms with Crippen molar-refractivity contribution in [1.29, 1.82) is 10.8 Å². The Bertz CT molecular complexity index is 1130. The highest BCUT2D eigenvalue weighted by atomic mass is 19.1. The van der Waals surface area contributed by atoms with Gasteiger partial charge in [0.25, 0.3) is 5.91 Å². The topological polar surface area (TPSA) is 117 Å². The zero-order chi connectivity index (χ0) is 20.3. The fourth-order valence-corrected chi connectivity index (χ4v) is 2.44. The number of amides is 1. The van der Waals surface area contributed by atoms with E-state index in [1.54, 1.807) is 25.1 Å². The number of nitrogens with one attached hydrogen (secondary N) is 3. The van der Waals surface area contributed by atoms with Crippen LogP contribution >= 0.6 is 0 Å². The molecule has 8 nitrogen and oxygen atoms in total. The highest BCUT2D eigenvalue weighted by Gasteiger charge is 2.15. The Balaban J connectivity index is 0.00000300. The first kappa shape index (κ1) is 18.9. The van der Waals surface area contributed by atoms with E-state index < -0.39 is 11.7 Å². The van der Waals surface area contributed by atoms with Crippen molar-refractivity contribution in [1.82, 2.24) is 14.5 Å². The minimum absolute atomic E-state index is 0. The summed E-state index contributed by atoms with van der Waals surface area (Å²) in [6.45, 7) is 3.26. The summed E-state index contributed by atoms with van der Waals surface area (Å²) in [6, 6.07) is 7.65. The van der Waals surface area contributed by atoms with Crippen molar-refractivity contribution in [2.75, 3.05) is 5.32 Å². The van der Waals surface area contributed by atoms with Crippen molar-refractivity contribution in [2.24, 2.45) is 0 Å². The molecule has 3 aromatic rings. The Morgan fingerprint density at radius 1 is 1.29 bits per heavy atom. The fourth-order valence-electron chi connectivity index (χ4n) is 2.44. The number of aryl methyl sites for hydroxylation is 1. The number of carbonyl (C=O) groups is 1. The summed E-state index contributed by atoms with van der Waals surface area (Å²) in [7, 11) is 0. The summed E-state index contributed by atoms with van der Waals surface area (Å²) < 4.78 is 20.1. The standard InChI is InChI=1S/C19H17FN6O2.H2/c1-11-4-3-5-17(24-11)25-19(27)16-7-15(10-26(12(2)21)18(16)22)28-14-6-13(20)8-23-9-14;/h3-10,21-22H,1-2H3,(H,24,25,27);1H. The molecule has 0 aliphatic heterocycles. The molecule has 28 heavy (non-hydrogen) atoms. The molecule has 0 aromatic carbocycles. The molecule has 0 saturated carbocycles. The molecule has 0 spiro atoms. The molecule has 0 radical (unpaired) electrons. The minimum Gasteiger partial charge on any atom is -0.454 e. The summed E-state index contributed by atoms with van der Waals surface area (Å²) in [5.74, 6) is -0.537. The van der Waals surface area contributed by atoms with E-state index in [1.807, 2.05) is 0 Å². The Morgan fingerprint density at radius 2 is 2.07 bits per heavy atom. The van der Waals surface area contributed by atoms with E-state index in [9.17, 15) is 9.18 Å². The maximum Gasteiger partial charge on any atom is 0.260 e. The first-order valence-electron chi connectivity index (χ1n) is 8.24. The van der Waals surface area contributed by atoms with Crippen LogP contribution in [0.15, 0.2) is 48.9 Å². The van der Waals surface area contributed by atoms with Crippen molar-refractivity contribution < 1.29 is 15.3 Å². The minimum atomic E-state index is -0.582. The largest absolute Gasteiger partial charge is 0.454 e. The normalized spacial score (nSPS) is 10.4. The van der Waals surface area contributed by atoms with Crippen molar-refractivity contribution in [3.05, 3.63) is 71.5 Å². The van der Waals surface area contributed by atoms with Gasteiger partial charge in [-0.2, -0.15) is 0 Å². The van der Waals surface area contributed by atoms with Gasteiger partial charge in [0.05, 0.1) is 24.2 Å². The van der Waals surface area contributed by atoms with Gasteiger partial charge in [-0.05, 0) is 32.0 Å². The van der Waals surface area contributed by atoms with Crippen molar-refractivity contribution in [3.63, 3.8) is 0 Å². The van der Waals surface area contributed by atoms with Crippen LogP contribution < -0.4 is 15.5 Å². The molecule has 3 rings (SSSR count). The molecule has 0 saturated heterocycles. The maximum absolute atomic E-state index is 13.3. The summed E-state index contributed by atoms with van der Waals surface area (Å²) in [5.41, 5.74) is 0.504. The van der Waals surface area contributed by atoms with Gasteiger partial charge in [0.15, 0.2) is 0 Å². The molecule has 0 aliphatic rings. The zero-order valence-electron chi connectivity index (χ0n) is 15.2. The molecule has 0 bridgehead atoms. The molecular weight excluding hydrogens is 363 g/mol. The Morgan fingerprint density at radius 3 is 2.75 bits per heavy atom. The number of hydrogen-bond acceptors (Lipinski definition) is 6. The van der Waals surface area contributed by atoms with Crippen LogP contribution in [0.3, 0.4) is 0 Å². The third kappa shape index (κ3) is 4.26. The zero-order valence-corrected chi connectivity index (χ0v) is 15.2. The van der Waals surface area contributed by atoms with Crippen molar-refractivity contribution >= 4 is 17.6 Å². The second-order valence-electron chi connectivity index (χ2n) is 5.95. The van der Waals surface area contributed by atoms with Crippen LogP contribution in [-0.4, -0.2) is 26.3 Å². The van der Waals surface area contributed by atoms with Crippen LogP contribution in [0.1, 0.15) is 24.4 Å². The van der Waals surface area contributed by atoms with E-state index in [-0.39, 0.29) is 29.8 Å². The maximum atomic E-state index is 13.3. The van der Waals surface area contributed by atoms with Crippen LogP contribution in [0, 0.1) is 23.6 Å². The lowest BCUT2D eigenvalue weighted by Crippen LogP contribution is -2.32.